The van der Waals surface area contributed by atoms with Gasteiger partial charge in [-0.2, -0.15) is 26.3 Å². The second kappa shape index (κ2) is 12.4. The molecule has 0 radical (unpaired) electrons. The zero-order valence-corrected chi connectivity index (χ0v) is 25.4. The van der Waals surface area contributed by atoms with Crippen LogP contribution in [0.5, 0.6) is 0 Å². The zero-order chi connectivity index (χ0) is 32.8. The minimum atomic E-state index is -5.01. The summed E-state index contributed by atoms with van der Waals surface area (Å²) in [5.41, 5.74) is -1.84. The predicted octanol–water partition coefficient (Wildman–Crippen LogP) is 7.04. The van der Waals surface area contributed by atoms with Crippen molar-refractivity contribution in [3.63, 3.8) is 0 Å². The molecule has 0 N–H and O–H groups in total. The Hall–Kier alpha value is -3.35. The van der Waals surface area contributed by atoms with E-state index in [0.29, 0.717) is 56.7 Å². The van der Waals surface area contributed by atoms with Crippen molar-refractivity contribution in [2.75, 3.05) is 39.8 Å². The third kappa shape index (κ3) is 7.23. The van der Waals surface area contributed by atoms with Gasteiger partial charge < -0.3 is 14.7 Å². The van der Waals surface area contributed by atoms with E-state index in [4.69, 9.17) is 0 Å². The largest absolute Gasteiger partial charge is 0.416 e. The minimum Gasteiger partial charge on any atom is -0.340 e. The highest BCUT2D eigenvalue weighted by molar-refractivity contribution is 5.81. The highest BCUT2D eigenvalue weighted by Gasteiger charge is 2.41. The van der Waals surface area contributed by atoms with E-state index in [2.05, 4.69) is 4.90 Å². The first-order valence-electron chi connectivity index (χ1n) is 15.2. The second-order valence-corrected chi connectivity index (χ2v) is 12.4. The molecular formula is C32H37F7N4O2. The van der Waals surface area contributed by atoms with Crippen molar-refractivity contribution < 1.29 is 40.3 Å². The van der Waals surface area contributed by atoms with Gasteiger partial charge in [0.15, 0.2) is 0 Å². The van der Waals surface area contributed by atoms with Crippen molar-refractivity contribution in [3.8, 4) is 0 Å². The maximum Gasteiger partial charge on any atom is 0.416 e. The fraction of sp³-hybridized carbons (Fsp3) is 0.562. The van der Waals surface area contributed by atoms with Gasteiger partial charge in [-0.3, -0.25) is 9.69 Å². The molecule has 1 aliphatic carbocycles. The van der Waals surface area contributed by atoms with E-state index < -0.39 is 47.4 Å². The number of carbonyl (C=O) groups excluding carboxylic acids is 2. The Morgan fingerprint density at radius 2 is 1.47 bits per heavy atom. The number of rotatable bonds is 5. The molecule has 2 aliphatic heterocycles. The van der Waals surface area contributed by atoms with Crippen LogP contribution in [0.4, 0.5) is 35.5 Å². The summed E-state index contributed by atoms with van der Waals surface area (Å²) in [6.45, 7) is 6.00. The number of benzene rings is 2. The highest BCUT2D eigenvalue weighted by Crippen LogP contribution is 2.40. The molecule has 3 atom stereocenters. The van der Waals surface area contributed by atoms with Crippen LogP contribution < -0.4 is 0 Å². The van der Waals surface area contributed by atoms with E-state index in [1.807, 2.05) is 4.90 Å². The number of alkyl halides is 6. The molecule has 5 rings (SSSR count). The van der Waals surface area contributed by atoms with Crippen molar-refractivity contribution in [1.29, 1.82) is 0 Å². The summed E-state index contributed by atoms with van der Waals surface area (Å²) in [6, 6.07) is 3.53. The lowest BCUT2D eigenvalue weighted by Crippen LogP contribution is -2.56. The maximum absolute atomic E-state index is 14.1. The number of urea groups is 1. The van der Waals surface area contributed by atoms with Gasteiger partial charge >= 0.3 is 18.4 Å². The molecule has 3 fully saturated rings. The van der Waals surface area contributed by atoms with Gasteiger partial charge in [0, 0.05) is 51.7 Å². The number of hydrogen-bond acceptors (Lipinski definition) is 3. The molecule has 3 unspecified atom stereocenters. The summed E-state index contributed by atoms with van der Waals surface area (Å²) in [7, 11) is 1.36. The molecule has 2 aromatic carbocycles. The average Bonchev–Trinajstić information content (AvgIpc) is 3.84. The SMILES string of the molecule is Cc1cc(F)ccc1C1CC(N2CCN(C(=O)C3CC3)CC2)CCN1C(=O)N(C)C(C)c1cc(C(F)(F)F)cc(C(F)(F)F)c1. The first kappa shape index (κ1) is 33.0. The smallest absolute Gasteiger partial charge is 0.340 e. The van der Waals surface area contributed by atoms with Crippen LogP contribution in [0.3, 0.4) is 0 Å². The van der Waals surface area contributed by atoms with Crippen molar-refractivity contribution in [1.82, 2.24) is 19.6 Å². The van der Waals surface area contributed by atoms with E-state index in [9.17, 15) is 40.3 Å². The number of hydrogen-bond donors (Lipinski definition) is 0. The number of nitrogens with zero attached hydrogens (tertiary/aromatic N) is 4. The number of piperidine rings is 1. The number of likely N-dealkylation sites (tertiary alicyclic amines) is 1. The van der Waals surface area contributed by atoms with Gasteiger partial charge in [-0.1, -0.05) is 6.07 Å². The van der Waals surface area contributed by atoms with Crippen LogP contribution in [0.2, 0.25) is 0 Å². The molecule has 1 saturated carbocycles. The number of carbonyl (C=O) groups is 2. The van der Waals surface area contributed by atoms with E-state index in [-0.39, 0.29) is 36.0 Å². The van der Waals surface area contributed by atoms with Gasteiger partial charge in [-0.05, 0) is 86.6 Å². The normalized spacial score (nSPS) is 22.4. The second-order valence-electron chi connectivity index (χ2n) is 12.4. The summed E-state index contributed by atoms with van der Waals surface area (Å²) in [5, 5.41) is 0. The predicted molar refractivity (Wildman–Crippen MR) is 153 cm³/mol. The van der Waals surface area contributed by atoms with Crippen LogP contribution in [-0.4, -0.2) is 77.4 Å². The molecule has 246 valence electrons. The van der Waals surface area contributed by atoms with Crippen LogP contribution in [-0.2, 0) is 17.1 Å². The summed E-state index contributed by atoms with van der Waals surface area (Å²) < 4.78 is 95.3. The van der Waals surface area contributed by atoms with Crippen LogP contribution in [0.1, 0.15) is 72.5 Å². The fourth-order valence-corrected chi connectivity index (χ4v) is 6.52. The summed E-state index contributed by atoms with van der Waals surface area (Å²) in [5.74, 6) is -0.0872. The Kier molecular flexibility index (Phi) is 9.14. The van der Waals surface area contributed by atoms with Gasteiger partial charge in [0.2, 0.25) is 5.91 Å². The molecule has 3 amide bonds. The Bertz CT molecular complexity index is 1380. The van der Waals surface area contributed by atoms with Crippen molar-refractivity contribution in [2.24, 2.45) is 5.92 Å². The van der Waals surface area contributed by atoms with Crippen LogP contribution in [0, 0.1) is 18.7 Å². The molecule has 0 aromatic heterocycles. The number of halogens is 7. The molecular weight excluding hydrogens is 605 g/mol. The fourth-order valence-electron chi connectivity index (χ4n) is 6.52. The summed E-state index contributed by atoms with van der Waals surface area (Å²) in [6.07, 6.45) is -7.06. The molecule has 0 bridgehead atoms. The van der Waals surface area contributed by atoms with Crippen molar-refractivity contribution >= 4 is 11.9 Å². The average molecular weight is 643 g/mol. The van der Waals surface area contributed by atoms with Gasteiger partial charge in [0.05, 0.1) is 23.2 Å². The Morgan fingerprint density at radius 3 is 2.00 bits per heavy atom. The zero-order valence-electron chi connectivity index (χ0n) is 25.4. The van der Waals surface area contributed by atoms with Crippen molar-refractivity contribution in [3.05, 3.63) is 70.0 Å². The Balaban J connectivity index is 1.38. The molecule has 13 heteroatoms. The first-order chi connectivity index (χ1) is 21.0. The molecule has 0 spiro atoms. The minimum absolute atomic E-state index is 0.0576. The standard InChI is InChI=1S/C32H37F7N4O2/c1-19-14-25(33)6-7-27(19)28-18-26(41-10-12-42(13-11-41)29(44)21-4-5-21)8-9-43(28)30(45)40(3)20(2)22-15-23(31(34,35)36)17-24(16-22)32(37,38)39/h6-7,14-17,20-21,26,28H,4-5,8-13,18H2,1-3H3. The van der Waals surface area contributed by atoms with Crippen LogP contribution >= 0.6 is 0 Å². The van der Waals surface area contributed by atoms with E-state index in [1.54, 1.807) is 17.9 Å². The Morgan fingerprint density at radius 1 is 0.867 bits per heavy atom. The third-order valence-corrected chi connectivity index (χ3v) is 9.46. The van der Waals surface area contributed by atoms with Gasteiger partial charge in [0.1, 0.15) is 5.82 Å². The molecule has 6 nitrogen and oxygen atoms in total. The number of piperazine rings is 1. The maximum atomic E-state index is 14.1. The topological polar surface area (TPSA) is 47.1 Å². The highest BCUT2D eigenvalue weighted by atomic mass is 19.4. The molecule has 2 heterocycles. The lowest BCUT2D eigenvalue weighted by Gasteiger charge is -2.47. The number of aryl methyl sites for hydroxylation is 1. The van der Waals surface area contributed by atoms with Crippen LogP contribution in [0.15, 0.2) is 36.4 Å². The molecule has 45 heavy (non-hydrogen) atoms. The van der Waals surface area contributed by atoms with Gasteiger partial charge in [0.25, 0.3) is 0 Å². The van der Waals surface area contributed by atoms with E-state index in [0.717, 1.165) is 23.3 Å². The molecule has 2 saturated heterocycles. The quantitative estimate of drug-likeness (QED) is 0.329. The van der Waals surface area contributed by atoms with Gasteiger partial charge in [-0.25, -0.2) is 9.18 Å². The van der Waals surface area contributed by atoms with E-state index in [1.165, 1.54) is 26.1 Å². The van der Waals surface area contributed by atoms with Crippen molar-refractivity contribution in [2.45, 2.75) is 70.0 Å². The van der Waals surface area contributed by atoms with Crippen LogP contribution in [0.25, 0.3) is 0 Å². The summed E-state index contributed by atoms with van der Waals surface area (Å²) >= 11 is 0. The lowest BCUT2D eigenvalue weighted by molar-refractivity contribution is -0.143. The lowest BCUT2D eigenvalue weighted by atomic mass is 9.88. The monoisotopic (exact) mass is 642 g/mol. The Labute approximate surface area is 257 Å². The third-order valence-electron chi connectivity index (χ3n) is 9.46. The number of amides is 3. The molecule has 2 aromatic rings. The van der Waals surface area contributed by atoms with E-state index >= 15 is 0 Å². The summed E-state index contributed by atoms with van der Waals surface area (Å²) in [4.78, 5) is 33.5. The van der Waals surface area contributed by atoms with Gasteiger partial charge in [-0.15, -0.1) is 0 Å². The first-order valence-corrected chi connectivity index (χ1v) is 15.2. The molecule has 3 aliphatic rings.